The summed E-state index contributed by atoms with van der Waals surface area (Å²) in [5.74, 6) is 1.39. The Bertz CT molecular complexity index is 144. The molecule has 1 heterocycles. The van der Waals surface area contributed by atoms with Crippen LogP contribution in [-0.2, 0) is 0 Å². The van der Waals surface area contributed by atoms with Crippen LogP contribution in [-0.4, -0.2) is 24.1 Å². The zero-order chi connectivity index (χ0) is 11.5. The summed E-state index contributed by atoms with van der Waals surface area (Å²) in [7, 11) is 0. The van der Waals surface area contributed by atoms with Crippen molar-refractivity contribution in [2.45, 2.75) is 70.0 Å². The van der Waals surface area contributed by atoms with Crippen LogP contribution in [0.2, 0.25) is 0 Å². The second-order valence-electron chi connectivity index (χ2n) is 4.96. The van der Waals surface area contributed by atoms with E-state index in [-0.39, 0.29) is 0 Å². The lowest BCUT2D eigenvalue weighted by Crippen LogP contribution is -2.24. The third-order valence-electron chi connectivity index (χ3n) is 3.35. The first-order valence-corrected chi connectivity index (χ1v) is 8.30. The van der Waals surface area contributed by atoms with Crippen molar-refractivity contribution in [3.63, 3.8) is 0 Å². The summed E-state index contributed by atoms with van der Waals surface area (Å²) >= 11 is 2.16. The van der Waals surface area contributed by atoms with Crippen molar-refractivity contribution in [2.24, 2.45) is 0 Å². The summed E-state index contributed by atoms with van der Waals surface area (Å²) < 4.78 is 0. The Morgan fingerprint density at radius 3 is 2.50 bits per heavy atom. The molecule has 1 fully saturated rings. The molecule has 1 rings (SSSR count). The first kappa shape index (κ1) is 14.4. The molecule has 1 atom stereocenters. The highest BCUT2D eigenvalue weighted by Gasteiger charge is 2.14. The monoisotopic (exact) mass is 243 g/mol. The molecule has 1 unspecified atom stereocenters. The van der Waals surface area contributed by atoms with Gasteiger partial charge in [-0.15, -0.1) is 0 Å². The lowest BCUT2D eigenvalue weighted by atomic mass is 10.1. The van der Waals surface area contributed by atoms with Crippen LogP contribution in [0.1, 0.15) is 64.7 Å². The molecule has 1 saturated heterocycles. The Balaban J connectivity index is 1.71. The number of hydrogen-bond acceptors (Lipinski definition) is 2. The zero-order valence-electron chi connectivity index (χ0n) is 11.0. The smallest absolute Gasteiger partial charge is 0.0172 e. The minimum absolute atomic E-state index is 0.921. The van der Waals surface area contributed by atoms with Gasteiger partial charge in [-0.2, -0.15) is 11.8 Å². The summed E-state index contributed by atoms with van der Waals surface area (Å²) in [6.45, 7) is 4.77. The summed E-state index contributed by atoms with van der Waals surface area (Å²) in [5, 5.41) is 4.53. The molecule has 0 aromatic carbocycles. The Morgan fingerprint density at radius 2 is 1.81 bits per heavy atom. The number of rotatable bonds is 10. The molecule has 0 aromatic heterocycles. The molecule has 0 bridgehead atoms. The molecule has 2 heteroatoms. The van der Waals surface area contributed by atoms with Crippen molar-refractivity contribution in [3.05, 3.63) is 0 Å². The molecule has 0 saturated carbocycles. The van der Waals surface area contributed by atoms with Gasteiger partial charge in [-0.3, -0.25) is 0 Å². The Kier molecular flexibility index (Phi) is 9.40. The third-order valence-corrected chi connectivity index (χ3v) is 4.75. The van der Waals surface area contributed by atoms with E-state index in [2.05, 4.69) is 24.0 Å². The summed E-state index contributed by atoms with van der Waals surface area (Å²) in [6.07, 6.45) is 12.8. The highest BCUT2D eigenvalue weighted by molar-refractivity contribution is 8.00. The molecular formula is C14H29NS. The minimum atomic E-state index is 0.921. The molecule has 0 spiro atoms. The summed E-state index contributed by atoms with van der Waals surface area (Å²) in [5.41, 5.74) is 0. The number of unbranched alkanes of at least 4 members (excludes halogenated alkanes) is 6. The molecule has 1 aliphatic rings. The van der Waals surface area contributed by atoms with Gasteiger partial charge in [0.1, 0.15) is 0 Å². The van der Waals surface area contributed by atoms with Crippen molar-refractivity contribution in [2.75, 3.05) is 18.8 Å². The zero-order valence-corrected chi connectivity index (χ0v) is 11.8. The van der Waals surface area contributed by atoms with Crippen molar-refractivity contribution >= 4 is 11.8 Å². The van der Waals surface area contributed by atoms with Gasteiger partial charge in [-0.1, -0.05) is 45.4 Å². The second kappa shape index (κ2) is 10.5. The van der Waals surface area contributed by atoms with Crippen LogP contribution in [0, 0.1) is 0 Å². The van der Waals surface area contributed by atoms with E-state index in [1.165, 1.54) is 76.6 Å². The molecular weight excluding hydrogens is 214 g/mol. The molecule has 1 N–H and O–H groups in total. The van der Waals surface area contributed by atoms with E-state index >= 15 is 0 Å². The van der Waals surface area contributed by atoms with Crippen LogP contribution < -0.4 is 5.32 Å². The molecule has 1 nitrogen and oxygen atoms in total. The average molecular weight is 243 g/mol. The van der Waals surface area contributed by atoms with E-state index in [4.69, 9.17) is 0 Å². The van der Waals surface area contributed by atoms with Gasteiger partial charge in [0.25, 0.3) is 0 Å². The van der Waals surface area contributed by atoms with Gasteiger partial charge < -0.3 is 5.32 Å². The van der Waals surface area contributed by atoms with Gasteiger partial charge in [-0.25, -0.2) is 0 Å². The van der Waals surface area contributed by atoms with Gasteiger partial charge in [0.15, 0.2) is 0 Å². The number of hydrogen-bond donors (Lipinski definition) is 1. The van der Waals surface area contributed by atoms with Crippen LogP contribution in [0.15, 0.2) is 0 Å². The van der Waals surface area contributed by atoms with Crippen molar-refractivity contribution < 1.29 is 0 Å². The fraction of sp³-hybridized carbons (Fsp3) is 1.00. The first-order valence-electron chi connectivity index (χ1n) is 7.26. The van der Waals surface area contributed by atoms with E-state index in [1.807, 2.05) is 0 Å². The second-order valence-corrected chi connectivity index (χ2v) is 6.37. The quantitative estimate of drug-likeness (QED) is 0.577. The minimum Gasteiger partial charge on any atom is -0.316 e. The third kappa shape index (κ3) is 7.56. The molecule has 0 amide bonds. The maximum atomic E-state index is 3.61. The molecule has 1 aliphatic heterocycles. The van der Waals surface area contributed by atoms with Crippen LogP contribution in [0.3, 0.4) is 0 Å². The SMILES string of the molecule is CCCCCCCCCNCC1CCCS1. The number of thioether (sulfide) groups is 1. The molecule has 16 heavy (non-hydrogen) atoms. The molecule has 96 valence electrons. The lowest BCUT2D eigenvalue weighted by molar-refractivity contribution is 0.558. The highest BCUT2D eigenvalue weighted by atomic mass is 32.2. The van der Waals surface area contributed by atoms with Crippen LogP contribution >= 0.6 is 11.8 Å². The largest absolute Gasteiger partial charge is 0.316 e. The Hall–Kier alpha value is 0.310. The average Bonchev–Trinajstić information content (AvgIpc) is 2.80. The van der Waals surface area contributed by atoms with Crippen LogP contribution in [0.4, 0.5) is 0 Å². The lowest BCUT2D eigenvalue weighted by Gasteiger charge is -2.09. The Labute approximate surface area is 106 Å². The van der Waals surface area contributed by atoms with Crippen molar-refractivity contribution in [1.29, 1.82) is 0 Å². The molecule has 0 radical (unpaired) electrons. The Morgan fingerprint density at radius 1 is 1.06 bits per heavy atom. The fourth-order valence-electron chi connectivity index (χ4n) is 2.28. The predicted molar refractivity (Wildman–Crippen MR) is 76.3 cm³/mol. The van der Waals surface area contributed by atoms with Crippen LogP contribution in [0.25, 0.3) is 0 Å². The summed E-state index contributed by atoms with van der Waals surface area (Å²) in [6, 6.07) is 0. The van der Waals surface area contributed by atoms with Crippen molar-refractivity contribution in [3.8, 4) is 0 Å². The first-order chi connectivity index (χ1) is 7.93. The maximum Gasteiger partial charge on any atom is 0.0172 e. The van der Waals surface area contributed by atoms with E-state index < -0.39 is 0 Å². The molecule has 0 aromatic rings. The van der Waals surface area contributed by atoms with Crippen LogP contribution in [0.5, 0.6) is 0 Å². The fourth-order valence-corrected chi connectivity index (χ4v) is 3.51. The normalized spacial score (nSPS) is 20.4. The molecule has 0 aliphatic carbocycles. The summed E-state index contributed by atoms with van der Waals surface area (Å²) in [4.78, 5) is 0. The highest BCUT2D eigenvalue weighted by Crippen LogP contribution is 2.25. The van der Waals surface area contributed by atoms with Gasteiger partial charge in [-0.05, 0) is 31.6 Å². The van der Waals surface area contributed by atoms with Crippen molar-refractivity contribution in [1.82, 2.24) is 5.32 Å². The van der Waals surface area contributed by atoms with Gasteiger partial charge in [0.05, 0.1) is 0 Å². The van der Waals surface area contributed by atoms with E-state index in [0.29, 0.717) is 0 Å². The van der Waals surface area contributed by atoms with E-state index in [0.717, 1.165) is 5.25 Å². The van der Waals surface area contributed by atoms with E-state index in [1.54, 1.807) is 0 Å². The standard InChI is InChI=1S/C14H29NS/c1-2-3-4-5-6-7-8-11-15-13-14-10-9-12-16-14/h14-15H,2-13H2,1H3. The van der Waals surface area contributed by atoms with Gasteiger partial charge in [0.2, 0.25) is 0 Å². The number of nitrogens with one attached hydrogen (secondary N) is 1. The van der Waals surface area contributed by atoms with Gasteiger partial charge in [0, 0.05) is 11.8 Å². The maximum absolute atomic E-state index is 3.61. The predicted octanol–water partition coefficient (Wildman–Crippen LogP) is 4.22. The topological polar surface area (TPSA) is 12.0 Å². The van der Waals surface area contributed by atoms with Gasteiger partial charge >= 0.3 is 0 Å². The van der Waals surface area contributed by atoms with E-state index in [9.17, 15) is 0 Å².